The highest BCUT2D eigenvalue weighted by molar-refractivity contribution is 5.93. The van der Waals surface area contributed by atoms with E-state index in [0.29, 0.717) is 0 Å². The van der Waals surface area contributed by atoms with Gasteiger partial charge in [-0.25, -0.2) is 4.98 Å². The van der Waals surface area contributed by atoms with E-state index in [9.17, 15) is 0 Å². The summed E-state index contributed by atoms with van der Waals surface area (Å²) in [6.07, 6.45) is 9.13. The topological polar surface area (TPSA) is 59.4 Å². The SMILES string of the molecule is C=Cc1cc2[nH]nc(-c3cnn(C)c3)c2nc1-c1cccc2c1CCC2. The zero-order chi connectivity index (χ0) is 17.7. The predicted molar refractivity (Wildman–Crippen MR) is 104 cm³/mol. The third-order valence-corrected chi connectivity index (χ3v) is 5.16. The third-order valence-electron chi connectivity index (χ3n) is 5.16. The van der Waals surface area contributed by atoms with Gasteiger partial charge in [0.1, 0.15) is 11.2 Å². The molecular formula is C21H19N5. The van der Waals surface area contributed by atoms with Crippen LogP contribution >= 0.6 is 0 Å². The summed E-state index contributed by atoms with van der Waals surface area (Å²) < 4.78 is 1.78. The first-order valence-electron chi connectivity index (χ1n) is 8.86. The number of benzene rings is 1. The highest BCUT2D eigenvalue weighted by Gasteiger charge is 2.20. The summed E-state index contributed by atoms with van der Waals surface area (Å²) in [4.78, 5) is 5.04. The zero-order valence-electron chi connectivity index (χ0n) is 14.7. The van der Waals surface area contributed by atoms with Crippen LogP contribution in [0.25, 0.3) is 39.6 Å². The van der Waals surface area contributed by atoms with Crippen LogP contribution in [0.1, 0.15) is 23.1 Å². The number of pyridine rings is 1. The van der Waals surface area contributed by atoms with Crippen LogP contribution < -0.4 is 0 Å². The molecule has 1 aliphatic rings. The van der Waals surface area contributed by atoms with Gasteiger partial charge in [0.15, 0.2) is 0 Å². The van der Waals surface area contributed by atoms with E-state index in [0.717, 1.165) is 46.4 Å². The van der Waals surface area contributed by atoms with Crippen LogP contribution in [0.4, 0.5) is 0 Å². The monoisotopic (exact) mass is 341 g/mol. The van der Waals surface area contributed by atoms with Gasteiger partial charge in [-0.3, -0.25) is 9.78 Å². The fraction of sp³-hybridized carbons (Fsp3) is 0.190. The molecular weight excluding hydrogens is 322 g/mol. The van der Waals surface area contributed by atoms with Crippen molar-refractivity contribution in [3.8, 4) is 22.5 Å². The van der Waals surface area contributed by atoms with Crippen LogP contribution in [-0.2, 0) is 19.9 Å². The first-order valence-corrected chi connectivity index (χ1v) is 8.86. The van der Waals surface area contributed by atoms with E-state index in [4.69, 9.17) is 4.98 Å². The van der Waals surface area contributed by atoms with Gasteiger partial charge in [-0.05, 0) is 36.5 Å². The van der Waals surface area contributed by atoms with Crippen LogP contribution in [0.5, 0.6) is 0 Å². The number of H-pyrrole nitrogens is 1. The first-order chi connectivity index (χ1) is 12.7. The van der Waals surface area contributed by atoms with Crippen molar-refractivity contribution in [2.45, 2.75) is 19.3 Å². The van der Waals surface area contributed by atoms with Crippen molar-refractivity contribution in [3.05, 3.63) is 59.9 Å². The van der Waals surface area contributed by atoms with Crippen molar-refractivity contribution >= 4 is 17.1 Å². The Kier molecular flexibility index (Phi) is 3.28. The normalized spacial score (nSPS) is 13.3. The zero-order valence-corrected chi connectivity index (χ0v) is 14.7. The molecule has 0 atom stereocenters. The Balaban J connectivity index is 1.77. The molecule has 1 aromatic carbocycles. The Morgan fingerprint density at radius 1 is 1.23 bits per heavy atom. The summed E-state index contributed by atoms with van der Waals surface area (Å²) in [5, 5.41) is 11.9. The maximum absolute atomic E-state index is 5.04. The molecule has 0 bridgehead atoms. The molecule has 0 amide bonds. The summed E-state index contributed by atoms with van der Waals surface area (Å²) >= 11 is 0. The van der Waals surface area contributed by atoms with Gasteiger partial charge in [0.05, 0.1) is 17.4 Å². The second kappa shape index (κ2) is 5.66. The molecule has 4 aromatic rings. The van der Waals surface area contributed by atoms with Gasteiger partial charge in [-0.2, -0.15) is 10.2 Å². The quantitative estimate of drug-likeness (QED) is 0.609. The van der Waals surface area contributed by atoms with Gasteiger partial charge in [-0.1, -0.05) is 30.9 Å². The predicted octanol–water partition coefficient (Wildman–Crippen LogP) is 4.16. The van der Waals surface area contributed by atoms with Crippen molar-refractivity contribution < 1.29 is 0 Å². The van der Waals surface area contributed by atoms with Gasteiger partial charge >= 0.3 is 0 Å². The van der Waals surface area contributed by atoms with E-state index in [1.165, 1.54) is 23.1 Å². The largest absolute Gasteiger partial charge is 0.276 e. The third kappa shape index (κ3) is 2.20. The van der Waals surface area contributed by atoms with E-state index in [-0.39, 0.29) is 0 Å². The highest BCUT2D eigenvalue weighted by atomic mass is 15.2. The van der Waals surface area contributed by atoms with Gasteiger partial charge in [0.2, 0.25) is 0 Å². The molecule has 26 heavy (non-hydrogen) atoms. The molecule has 5 nitrogen and oxygen atoms in total. The Hall–Kier alpha value is -3.21. The number of fused-ring (bicyclic) bond motifs is 2. The molecule has 0 saturated heterocycles. The van der Waals surface area contributed by atoms with E-state index >= 15 is 0 Å². The van der Waals surface area contributed by atoms with Crippen molar-refractivity contribution in [2.24, 2.45) is 7.05 Å². The first kappa shape index (κ1) is 15.1. The molecule has 0 radical (unpaired) electrons. The number of nitrogens with one attached hydrogen (secondary N) is 1. The average molecular weight is 341 g/mol. The molecule has 128 valence electrons. The Labute approximate surface area is 151 Å². The van der Waals surface area contributed by atoms with Crippen molar-refractivity contribution in [3.63, 3.8) is 0 Å². The van der Waals surface area contributed by atoms with Gasteiger partial charge in [-0.15, -0.1) is 0 Å². The molecule has 0 saturated carbocycles. The molecule has 3 heterocycles. The molecule has 5 rings (SSSR count). The van der Waals surface area contributed by atoms with Crippen molar-refractivity contribution in [1.82, 2.24) is 25.0 Å². The second-order valence-corrected chi connectivity index (χ2v) is 6.80. The molecule has 0 fully saturated rings. The number of hydrogen-bond donors (Lipinski definition) is 1. The van der Waals surface area contributed by atoms with E-state index in [1.807, 2.05) is 25.5 Å². The molecule has 1 N–H and O–H groups in total. The van der Waals surface area contributed by atoms with Gasteiger partial charge in [0.25, 0.3) is 0 Å². The maximum atomic E-state index is 5.04. The van der Waals surface area contributed by atoms with Crippen LogP contribution in [0.3, 0.4) is 0 Å². The number of hydrogen-bond acceptors (Lipinski definition) is 3. The summed E-state index contributed by atoms with van der Waals surface area (Å²) in [6, 6.07) is 8.63. The Bertz CT molecular complexity index is 1150. The lowest BCUT2D eigenvalue weighted by molar-refractivity contribution is 0.768. The number of aryl methyl sites for hydroxylation is 2. The van der Waals surface area contributed by atoms with E-state index in [2.05, 4.69) is 46.1 Å². The highest BCUT2D eigenvalue weighted by Crippen LogP contribution is 2.36. The molecule has 0 aliphatic heterocycles. The Morgan fingerprint density at radius 2 is 2.15 bits per heavy atom. The van der Waals surface area contributed by atoms with Crippen molar-refractivity contribution in [1.29, 1.82) is 0 Å². The number of aromatic nitrogens is 5. The Morgan fingerprint density at radius 3 is 2.96 bits per heavy atom. The lowest BCUT2D eigenvalue weighted by Crippen LogP contribution is -1.95. The minimum atomic E-state index is 0.831. The summed E-state index contributed by atoms with van der Waals surface area (Å²) in [5.41, 5.74) is 9.67. The number of nitrogens with zero attached hydrogens (tertiary/aromatic N) is 4. The number of aromatic amines is 1. The minimum absolute atomic E-state index is 0.831. The molecule has 1 aliphatic carbocycles. The van der Waals surface area contributed by atoms with Gasteiger partial charge < -0.3 is 0 Å². The molecule has 5 heteroatoms. The van der Waals surface area contributed by atoms with Crippen LogP contribution in [0, 0.1) is 0 Å². The fourth-order valence-electron chi connectivity index (χ4n) is 3.92. The summed E-state index contributed by atoms with van der Waals surface area (Å²) in [7, 11) is 1.90. The lowest BCUT2D eigenvalue weighted by Gasteiger charge is -2.11. The minimum Gasteiger partial charge on any atom is -0.276 e. The fourth-order valence-corrected chi connectivity index (χ4v) is 3.92. The standard InChI is InChI=1S/C21H19N5/c1-3-13-10-18-21(20(25-24-18)15-11-22-26(2)12-15)23-19(13)17-9-5-7-14-6-4-8-16(14)17/h3,5,7,9-12H,1,4,6,8H2,2H3,(H,24,25). The van der Waals surface area contributed by atoms with Crippen LogP contribution in [-0.4, -0.2) is 25.0 Å². The summed E-state index contributed by atoms with van der Waals surface area (Å²) in [5.74, 6) is 0. The van der Waals surface area contributed by atoms with Gasteiger partial charge in [0, 0.05) is 29.9 Å². The molecule has 0 spiro atoms. The number of rotatable bonds is 3. The molecule has 0 unspecified atom stereocenters. The van der Waals surface area contributed by atoms with E-state index < -0.39 is 0 Å². The maximum Gasteiger partial charge on any atom is 0.122 e. The lowest BCUT2D eigenvalue weighted by atomic mass is 9.97. The second-order valence-electron chi connectivity index (χ2n) is 6.80. The average Bonchev–Trinajstić information content (AvgIpc) is 3.38. The smallest absolute Gasteiger partial charge is 0.122 e. The van der Waals surface area contributed by atoms with Crippen LogP contribution in [0.15, 0.2) is 43.2 Å². The summed E-state index contributed by atoms with van der Waals surface area (Å²) in [6.45, 7) is 4.00. The molecule has 3 aromatic heterocycles. The van der Waals surface area contributed by atoms with E-state index in [1.54, 1.807) is 4.68 Å². The van der Waals surface area contributed by atoms with Crippen LogP contribution in [0.2, 0.25) is 0 Å². The van der Waals surface area contributed by atoms with Crippen molar-refractivity contribution in [2.75, 3.05) is 0 Å².